The van der Waals surface area contributed by atoms with Crippen molar-refractivity contribution < 1.29 is 50.3 Å². The molecule has 0 fully saturated rings. The molecule has 10 rings (SSSR count). The van der Waals surface area contributed by atoms with Crippen LogP contribution in [0.2, 0.25) is 40.2 Å². The molecule has 28 heteroatoms. The van der Waals surface area contributed by atoms with Crippen molar-refractivity contribution in [2.45, 2.75) is 95.0 Å². The van der Waals surface area contributed by atoms with E-state index < -0.39 is 35.0 Å². The van der Waals surface area contributed by atoms with Crippen molar-refractivity contribution in [3.05, 3.63) is 347 Å². The van der Waals surface area contributed by atoms with Gasteiger partial charge in [-0.1, -0.05) is 255 Å². The number of thioether (sulfide) groups is 5. The van der Waals surface area contributed by atoms with E-state index in [1.54, 1.807) is 89.9 Å². The van der Waals surface area contributed by atoms with E-state index in [9.17, 15) is 50.3 Å². The van der Waals surface area contributed by atoms with E-state index in [-0.39, 0.29) is 30.0 Å². The summed E-state index contributed by atoms with van der Waals surface area (Å²) >= 11 is 56.8. The summed E-state index contributed by atoms with van der Waals surface area (Å²) in [6.07, 6.45) is -8.45. The van der Waals surface area contributed by atoms with Crippen LogP contribution in [0.4, 0.5) is 26.3 Å². The SMILES string of the molecule is Cc1ccc(CSCCNC(=O)c2c(Cl)cccc2Cl)cc1.Cc1cccc(CSCCNC(=O)c2c(C(F)(F)F)cccc2C(F)(F)F)c1.Cc1cccc(CSCCNC(=O)c2c(C)cccc2C)c1.O=C(CCCSCc1cccc(Cl)c1)Cc1c(Cl)cccc1Cl.O=C(NCCSCc1ccccc1Cl)c1c(Cl)cccc1Cl. The van der Waals surface area contributed by atoms with Crippen LogP contribution in [0, 0.1) is 34.6 Å². The number of hydrogen-bond donors (Lipinski definition) is 4. The summed E-state index contributed by atoms with van der Waals surface area (Å²) in [7, 11) is 0. The first-order valence-electron chi connectivity index (χ1n) is 36.6. The van der Waals surface area contributed by atoms with Gasteiger partial charge >= 0.3 is 12.4 Å². The van der Waals surface area contributed by atoms with E-state index in [0.717, 1.165) is 101 Å². The molecule has 0 aliphatic heterocycles. The van der Waals surface area contributed by atoms with Crippen LogP contribution in [-0.4, -0.2) is 84.4 Å². The Labute approximate surface area is 743 Å². The highest BCUT2D eigenvalue weighted by Gasteiger charge is 2.43. The number of amides is 4. The van der Waals surface area contributed by atoms with Crippen molar-refractivity contribution in [3.63, 3.8) is 0 Å². The molecule has 0 bridgehead atoms. The van der Waals surface area contributed by atoms with E-state index in [1.165, 1.54) is 39.6 Å². The number of aryl methyl sites for hydroxylation is 5. The minimum Gasteiger partial charge on any atom is -0.351 e. The van der Waals surface area contributed by atoms with Gasteiger partial charge in [-0.15, -0.1) is 0 Å². The van der Waals surface area contributed by atoms with Crippen molar-refractivity contribution in [1.29, 1.82) is 0 Å². The Bertz CT molecular complexity index is 4760. The average Bonchev–Trinajstić information content (AvgIpc) is 0.776. The van der Waals surface area contributed by atoms with E-state index in [4.69, 9.17) is 92.8 Å². The predicted molar refractivity (Wildman–Crippen MR) is 486 cm³/mol. The van der Waals surface area contributed by atoms with Crippen LogP contribution in [0.1, 0.15) is 127 Å². The zero-order valence-corrected chi connectivity index (χ0v) is 74.7. The maximum absolute atomic E-state index is 13.1. The summed E-state index contributed by atoms with van der Waals surface area (Å²) in [4.78, 5) is 60.6. The summed E-state index contributed by atoms with van der Waals surface area (Å²) in [5.41, 5.74) is 9.26. The minimum atomic E-state index is -5.08. The molecule has 0 atom stereocenters. The summed E-state index contributed by atoms with van der Waals surface area (Å²) in [5.74, 6) is 6.39. The summed E-state index contributed by atoms with van der Waals surface area (Å²) in [5, 5.41) is 14.9. The first kappa shape index (κ1) is 99.2. The lowest BCUT2D eigenvalue weighted by Crippen LogP contribution is -2.31. The third kappa shape index (κ3) is 36.3. The fourth-order valence-corrected chi connectivity index (χ4v) is 17.4. The third-order valence-corrected chi connectivity index (χ3v) is 24.5. The van der Waals surface area contributed by atoms with Crippen LogP contribution in [0.15, 0.2) is 212 Å². The van der Waals surface area contributed by atoms with Gasteiger partial charge in [0.05, 0.1) is 47.9 Å². The lowest BCUT2D eigenvalue weighted by molar-refractivity contribution is -0.143. The highest BCUT2D eigenvalue weighted by Crippen LogP contribution is 2.40. The van der Waals surface area contributed by atoms with Gasteiger partial charge in [0.15, 0.2) is 0 Å². The van der Waals surface area contributed by atoms with Crippen molar-refractivity contribution in [2.24, 2.45) is 0 Å². The van der Waals surface area contributed by atoms with Crippen molar-refractivity contribution in [3.8, 4) is 0 Å². The maximum atomic E-state index is 13.1. The molecule has 0 saturated heterocycles. The average molecular weight is 1850 g/mol. The number of benzene rings is 10. The molecular formula is C89H88Cl8F6N4O5S5. The van der Waals surface area contributed by atoms with Crippen LogP contribution in [0.5, 0.6) is 0 Å². The van der Waals surface area contributed by atoms with Crippen LogP contribution in [0.25, 0.3) is 0 Å². The molecule has 9 nitrogen and oxygen atoms in total. The van der Waals surface area contributed by atoms with Gasteiger partial charge in [0.2, 0.25) is 0 Å². The van der Waals surface area contributed by atoms with Crippen molar-refractivity contribution >= 4 is 181 Å². The van der Waals surface area contributed by atoms with Gasteiger partial charge in [-0.3, -0.25) is 24.0 Å². The first-order valence-corrected chi connectivity index (χ1v) is 45.4. The molecule has 117 heavy (non-hydrogen) atoms. The molecule has 0 spiro atoms. The third-order valence-electron chi connectivity index (χ3n) is 16.8. The molecule has 10 aromatic rings. The molecule has 0 unspecified atom stereocenters. The zero-order valence-electron chi connectivity index (χ0n) is 64.6. The zero-order chi connectivity index (χ0) is 85.5. The number of Topliss-reactive ketones (excluding diaryl/α,β-unsaturated/α-hetero) is 1. The quantitative estimate of drug-likeness (QED) is 0.0239. The number of halogens is 14. The topological polar surface area (TPSA) is 133 Å². The van der Waals surface area contributed by atoms with Crippen LogP contribution < -0.4 is 21.3 Å². The van der Waals surface area contributed by atoms with Crippen LogP contribution in [-0.2, 0) is 52.3 Å². The standard InChI is InChI=1S/C19H17F6NOS.C19H23NOS.C18H17Cl3OS.C17H17Cl2NOS.C16H14Cl3NOS/c1-12-4-2-5-13(10-12)11-28-9-8-26-17(27)16-14(18(20,21)22)6-3-7-15(16)19(23,24)25;1-14-6-4-9-17(12-14)13-22-11-10-20-19(21)18-15(2)7-5-8-16(18)3;19-14-5-1-4-13(10-14)12-23-9-3-6-15(22)11-16-17(20)7-2-8-18(16)21;1-12-5-7-13(8-6-12)11-22-10-9-20-17(21)16-14(18)3-2-4-15(16)19;17-12-5-2-1-4-11(12)10-22-9-8-20-16(21)15-13(18)6-3-7-14(15)19/h2-7,10H,8-9,11H2,1H3,(H,26,27);4-9,12H,10-11,13H2,1-3H3,(H,20,21);1-2,4-5,7-8,10H,3,6,9,11-12H2;2-8H,9-11H2,1H3,(H,20,21);1-7H,8-10H2,(H,20,21). The lowest BCUT2D eigenvalue weighted by atomic mass is 9.99. The van der Waals surface area contributed by atoms with Gasteiger partial charge < -0.3 is 21.3 Å². The predicted octanol–water partition coefficient (Wildman–Crippen LogP) is 26.7. The largest absolute Gasteiger partial charge is 0.417 e. The highest BCUT2D eigenvalue weighted by atomic mass is 35.5. The fraction of sp³-hybridized carbons (Fsp3) is 0.270. The normalized spacial score (nSPS) is 10.9. The van der Waals surface area contributed by atoms with E-state index in [1.807, 2.05) is 117 Å². The van der Waals surface area contributed by atoms with Gasteiger partial charge in [0.1, 0.15) is 5.78 Å². The van der Waals surface area contributed by atoms with Crippen molar-refractivity contribution in [1.82, 2.24) is 21.3 Å². The number of carbonyl (C=O) groups excluding carboxylic acids is 5. The fourth-order valence-electron chi connectivity index (χ4n) is 11.0. The number of nitrogens with one attached hydrogen (secondary N) is 4. The van der Waals surface area contributed by atoms with Gasteiger partial charge in [0, 0.05) is 116 Å². The minimum absolute atomic E-state index is 0.0340. The number of rotatable bonds is 32. The molecule has 0 radical (unpaired) electrons. The number of carbonyl (C=O) groups is 5. The number of hydrogen-bond acceptors (Lipinski definition) is 10. The molecule has 0 saturated carbocycles. The van der Waals surface area contributed by atoms with E-state index >= 15 is 0 Å². The van der Waals surface area contributed by atoms with Crippen molar-refractivity contribution in [2.75, 3.05) is 54.9 Å². The Kier molecular flexibility index (Phi) is 44.6. The summed E-state index contributed by atoms with van der Waals surface area (Å²) in [6.45, 7) is 11.8. The lowest BCUT2D eigenvalue weighted by Gasteiger charge is -2.18. The summed E-state index contributed by atoms with van der Waals surface area (Å²) in [6, 6.07) is 63.2. The molecule has 4 amide bonds. The first-order chi connectivity index (χ1) is 55.8. The number of alkyl halides is 6. The van der Waals surface area contributed by atoms with Gasteiger partial charge in [-0.2, -0.15) is 85.2 Å². The van der Waals surface area contributed by atoms with Crippen LogP contribution in [0.3, 0.4) is 0 Å². The maximum Gasteiger partial charge on any atom is 0.417 e. The molecular weight excluding hydrogens is 1760 g/mol. The smallest absolute Gasteiger partial charge is 0.351 e. The highest BCUT2D eigenvalue weighted by molar-refractivity contribution is 7.99. The van der Waals surface area contributed by atoms with Gasteiger partial charge in [-0.05, 0) is 158 Å². The van der Waals surface area contributed by atoms with Gasteiger partial charge in [0.25, 0.3) is 23.6 Å². The molecule has 0 aliphatic rings. The molecule has 10 aromatic carbocycles. The Morgan fingerprint density at radius 2 is 0.675 bits per heavy atom. The second-order valence-corrected chi connectivity index (χ2v) is 35.0. The number of ketones is 1. The Hall–Kier alpha value is -6.60. The second-order valence-electron chi connectivity index (χ2n) is 26.2. The monoisotopic (exact) mass is 1850 g/mol. The molecule has 622 valence electrons. The summed E-state index contributed by atoms with van der Waals surface area (Å²) < 4.78 is 78.5. The van der Waals surface area contributed by atoms with Crippen LogP contribution >= 0.6 is 152 Å². The molecule has 4 N–H and O–H groups in total. The Morgan fingerprint density at radius 1 is 0.325 bits per heavy atom. The molecule has 0 heterocycles. The van der Waals surface area contributed by atoms with E-state index in [0.29, 0.717) is 103 Å². The van der Waals surface area contributed by atoms with Gasteiger partial charge in [-0.25, -0.2) is 0 Å². The second kappa shape index (κ2) is 52.6. The Balaban J connectivity index is 0.000000228. The Morgan fingerprint density at radius 3 is 1.10 bits per heavy atom. The molecule has 0 aromatic heterocycles. The molecule has 0 aliphatic carbocycles. The van der Waals surface area contributed by atoms with E-state index in [2.05, 4.69) is 89.7 Å².